The molecule has 1 N–H and O–H groups in total. The number of esters is 1. The molecule has 0 aliphatic carbocycles. The van der Waals surface area contributed by atoms with Crippen molar-refractivity contribution in [1.29, 1.82) is 0 Å². The highest BCUT2D eigenvalue weighted by Crippen LogP contribution is 2.13. The highest BCUT2D eigenvalue weighted by molar-refractivity contribution is 7.09. The quantitative estimate of drug-likeness (QED) is 0.566. The molecule has 1 aromatic heterocycles. The Hall–Kier alpha value is -1.36. The van der Waals surface area contributed by atoms with E-state index in [0.717, 1.165) is 4.88 Å². The first-order valence-corrected chi connectivity index (χ1v) is 4.68. The van der Waals surface area contributed by atoms with Crippen molar-refractivity contribution in [3.63, 3.8) is 0 Å². The standard InChI is InChI=1S/C8H7NO3S/c10-7-6(9-8(11)12-7)4-5-2-1-3-13-5/h1-3,6H,4H2,(H,9,11). The second-order valence-electron chi connectivity index (χ2n) is 2.69. The van der Waals surface area contributed by atoms with Gasteiger partial charge in [-0.1, -0.05) is 6.07 Å². The van der Waals surface area contributed by atoms with Crippen LogP contribution in [0, 0.1) is 0 Å². The summed E-state index contributed by atoms with van der Waals surface area (Å²) in [5, 5.41) is 4.37. The van der Waals surface area contributed by atoms with Gasteiger partial charge in [0.15, 0.2) is 0 Å². The van der Waals surface area contributed by atoms with E-state index in [1.165, 1.54) is 0 Å². The molecule has 1 aliphatic heterocycles. The third-order valence-corrected chi connectivity index (χ3v) is 2.65. The number of carbonyl (C=O) groups excluding carboxylic acids is 2. The Morgan fingerprint density at radius 3 is 2.92 bits per heavy atom. The normalized spacial score (nSPS) is 21.4. The Bertz CT molecular complexity index is 333. The average Bonchev–Trinajstić information content (AvgIpc) is 2.63. The van der Waals surface area contributed by atoms with E-state index < -0.39 is 18.1 Å². The number of rotatable bonds is 2. The van der Waals surface area contributed by atoms with Crippen LogP contribution in [0.1, 0.15) is 4.88 Å². The SMILES string of the molecule is O=C1NC(Cc2cccs2)C(=O)O1. The first-order valence-electron chi connectivity index (χ1n) is 3.80. The monoisotopic (exact) mass is 197 g/mol. The van der Waals surface area contributed by atoms with Gasteiger partial charge in [0.2, 0.25) is 0 Å². The molecular weight excluding hydrogens is 190 g/mol. The lowest BCUT2D eigenvalue weighted by Crippen LogP contribution is -2.30. The van der Waals surface area contributed by atoms with Crippen molar-refractivity contribution >= 4 is 23.4 Å². The minimum atomic E-state index is -0.647. The number of amides is 1. The lowest BCUT2D eigenvalue weighted by molar-refractivity contribution is -0.135. The molecule has 0 bridgehead atoms. The maximum absolute atomic E-state index is 11.0. The highest BCUT2D eigenvalue weighted by Gasteiger charge is 2.32. The van der Waals surface area contributed by atoms with E-state index >= 15 is 0 Å². The molecule has 5 heteroatoms. The molecule has 1 fully saturated rings. The Balaban J connectivity index is 2.03. The van der Waals surface area contributed by atoms with E-state index in [2.05, 4.69) is 10.1 Å². The molecule has 1 unspecified atom stereocenters. The fourth-order valence-electron chi connectivity index (χ4n) is 1.16. The van der Waals surface area contributed by atoms with Crippen molar-refractivity contribution in [2.45, 2.75) is 12.5 Å². The van der Waals surface area contributed by atoms with Crippen molar-refractivity contribution < 1.29 is 14.3 Å². The molecule has 0 spiro atoms. The fraction of sp³-hybridized carbons (Fsp3) is 0.250. The van der Waals surface area contributed by atoms with Crippen molar-refractivity contribution in [1.82, 2.24) is 5.32 Å². The zero-order valence-electron chi connectivity index (χ0n) is 6.65. The van der Waals surface area contributed by atoms with Crippen LogP contribution in [0.25, 0.3) is 0 Å². The fourth-order valence-corrected chi connectivity index (χ4v) is 1.91. The Kier molecular flexibility index (Phi) is 2.02. The maximum atomic E-state index is 11.0. The topological polar surface area (TPSA) is 55.4 Å². The second-order valence-corrected chi connectivity index (χ2v) is 3.72. The van der Waals surface area contributed by atoms with Crippen LogP contribution in [0.4, 0.5) is 4.79 Å². The van der Waals surface area contributed by atoms with Crippen LogP contribution in [-0.2, 0) is 16.0 Å². The van der Waals surface area contributed by atoms with Gasteiger partial charge in [0.25, 0.3) is 0 Å². The van der Waals surface area contributed by atoms with Crippen molar-refractivity contribution in [3.8, 4) is 0 Å². The number of thiophene rings is 1. The average molecular weight is 197 g/mol. The summed E-state index contributed by atoms with van der Waals surface area (Å²) in [6, 6.07) is 3.32. The summed E-state index contributed by atoms with van der Waals surface area (Å²) in [5.41, 5.74) is 0. The van der Waals surface area contributed by atoms with E-state index in [0.29, 0.717) is 6.42 Å². The highest BCUT2D eigenvalue weighted by atomic mass is 32.1. The summed E-state index contributed by atoms with van der Waals surface area (Å²) in [6.45, 7) is 0. The van der Waals surface area contributed by atoms with Crippen LogP contribution in [0.2, 0.25) is 0 Å². The zero-order chi connectivity index (χ0) is 9.26. The first-order chi connectivity index (χ1) is 6.25. The van der Waals surface area contributed by atoms with Gasteiger partial charge in [0.1, 0.15) is 6.04 Å². The van der Waals surface area contributed by atoms with Crippen LogP contribution in [0.5, 0.6) is 0 Å². The smallest absolute Gasteiger partial charge is 0.375 e. The second kappa shape index (κ2) is 3.18. The molecule has 68 valence electrons. The molecule has 1 atom stereocenters. The van der Waals surface area contributed by atoms with E-state index in [4.69, 9.17) is 0 Å². The summed E-state index contributed by atoms with van der Waals surface area (Å²) >= 11 is 1.55. The van der Waals surface area contributed by atoms with Crippen LogP contribution in [0.15, 0.2) is 17.5 Å². The van der Waals surface area contributed by atoms with E-state index in [1.54, 1.807) is 11.3 Å². The molecule has 13 heavy (non-hydrogen) atoms. The van der Waals surface area contributed by atoms with Crippen molar-refractivity contribution in [3.05, 3.63) is 22.4 Å². The Labute approximate surface area is 78.5 Å². The molecule has 0 aromatic carbocycles. The van der Waals surface area contributed by atoms with Crippen molar-refractivity contribution in [2.75, 3.05) is 0 Å². The summed E-state index contributed by atoms with van der Waals surface area (Å²) < 4.78 is 4.34. The molecular formula is C8H7NO3S. The maximum Gasteiger partial charge on any atom is 0.415 e. The Morgan fingerprint density at radius 1 is 1.54 bits per heavy atom. The van der Waals surface area contributed by atoms with E-state index in [1.807, 2.05) is 17.5 Å². The molecule has 1 saturated heterocycles. The largest absolute Gasteiger partial charge is 0.415 e. The first kappa shape index (κ1) is 8.25. The number of carbonyl (C=O) groups is 2. The summed E-state index contributed by atoms with van der Waals surface area (Å²) in [7, 11) is 0. The van der Waals surface area contributed by atoms with Crippen LogP contribution >= 0.6 is 11.3 Å². The molecule has 0 saturated carbocycles. The van der Waals surface area contributed by atoms with Gasteiger partial charge in [-0.15, -0.1) is 11.3 Å². The van der Waals surface area contributed by atoms with Gasteiger partial charge in [-0.3, -0.25) is 0 Å². The summed E-state index contributed by atoms with van der Waals surface area (Å²) in [6.07, 6.45) is -0.131. The zero-order valence-corrected chi connectivity index (χ0v) is 7.47. The molecule has 1 aliphatic rings. The van der Waals surface area contributed by atoms with Gasteiger partial charge in [-0.25, -0.2) is 9.59 Å². The van der Waals surface area contributed by atoms with Gasteiger partial charge in [-0.2, -0.15) is 0 Å². The lowest BCUT2D eigenvalue weighted by atomic mass is 10.2. The molecule has 0 radical (unpaired) electrons. The molecule has 2 heterocycles. The number of alkyl carbamates (subject to hydrolysis) is 1. The number of ether oxygens (including phenoxy) is 1. The van der Waals surface area contributed by atoms with Gasteiger partial charge >= 0.3 is 12.1 Å². The third-order valence-electron chi connectivity index (χ3n) is 1.76. The number of hydrogen-bond donors (Lipinski definition) is 1. The molecule has 1 amide bonds. The number of nitrogens with one attached hydrogen (secondary N) is 1. The van der Waals surface area contributed by atoms with Gasteiger partial charge < -0.3 is 10.1 Å². The minimum absolute atomic E-state index is 0.488. The number of hydrogen-bond acceptors (Lipinski definition) is 4. The summed E-state index contributed by atoms with van der Waals surface area (Å²) in [5.74, 6) is -0.488. The van der Waals surface area contributed by atoms with Crippen LogP contribution in [-0.4, -0.2) is 18.1 Å². The minimum Gasteiger partial charge on any atom is -0.375 e. The Morgan fingerprint density at radius 2 is 2.38 bits per heavy atom. The van der Waals surface area contributed by atoms with Crippen LogP contribution < -0.4 is 5.32 Å². The summed E-state index contributed by atoms with van der Waals surface area (Å²) in [4.78, 5) is 22.7. The van der Waals surface area contributed by atoms with E-state index in [-0.39, 0.29) is 0 Å². The lowest BCUT2D eigenvalue weighted by Gasteiger charge is -2.01. The molecule has 2 rings (SSSR count). The van der Waals surface area contributed by atoms with Gasteiger partial charge in [0.05, 0.1) is 0 Å². The number of cyclic esters (lactones) is 2. The van der Waals surface area contributed by atoms with Crippen molar-refractivity contribution in [2.24, 2.45) is 0 Å². The van der Waals surface area contributed by atoms with E-state index in [9.17, 15) is 9.59 Å². The van der Waals surface area contributed by atoms with Gasteiger partial charge in [-0.05, 0) is 11.4 Å². The molecule has 1 aromatic rings. The third kappa shape index (κ3) is 1.70. The predicted octanol–water partition coefficient (Wildman–Crippen LogP) is 0.926. The van der Waals surface area contributed by atoms with Gasteiger partial charge in [0, 0.05) is 11.3 Å². The van der Waals surface area contributed by atoms with Crippen LogP contribution in [0.3, 0.4) is 0 Å². The molecule has 4 nitrogen and oxygen atoms in total. The predicted molar refractivity (Wildman–Crippen MR) is 46.4 cm³/mol.